The summed E-state index contributed by atoms with van der Waals surface area (Å²) in [6, 6.07) is 1.86. The molecule has 0 rings (SSSR count). The van der Waals surface area contributed by atoms with Gasteiger partial charge in [-0.05, 0) is 6.42 Å². The summed E-state index contributed by atoms with van der Waals surface area (Å²) < 4.78 is 24.5. The molecule has 0 aromatic heterocycles. The van der Waals surface area contributed by atoms with E-state index in [0.29, 0.717) is 0 Å². The standard InChI is InChI=1S/C8H12F2N2O/c1-8(2,4-3-5-11)6(12-13)7(9)10/h7,13H,3-4H2,1-2H3. The summed E-state index contributed by atoms with van der Waals surface area (Å²) >= 11 is 0. The quantitative estimate of drug-likeness (QED) is 0.420. The highest BCUT2D eigenvalue weighted by Gasteiger charge is 2.32. The Bertz CT molecular complexity index is 231. The number of nitriles is 1. The van der Waals surface area contributed by atoms with Crippen LogP contribution in [0.4, 0.5) is 8.78 Å². The molecule has 1 N–H and O–H groups in total. The number of halogens is 2. The second-order valence-corrected chi connectivity index (χ2v) is 3.33. The van der Waals surface area contributed by atoms with Crippen molar-refractivity contribution in [3.63, 3.8) is 0 Å². The van der Waals surface area contributed by atoms with Crippen LogP contribution in [0, 0.1) is 16.7 Å². The Labute approximate surface area is 75.7 Å². The van der Waals surface area contributed by atoms with E-state index in [9.17, 15) is 8.78 Å². The first kappa shape index (κ1) is 11.8. The summed E-state index contributed by atoms with van der Waals surface area (Å²) in [4.78, 5) is 0. The first-order valence-electron chi connectivity index (χ1n) is 3.83. The summed E-state index contributed by atoms with van der Waals surface area (Å²) in [5, 5.41) is 19.2. The molecule has 0 heterocycles. The fourth-order valence-electron chi connectivity index (χ4n) is 0.971. The Morgan fingerprint density at radius 3 is 2.46 bits per heavy atom. The molecule has 0 amide bonds. The Morgan fingerprint density at radius 1 is 1.62 bits per heavy atom. The average molecular weight is 190 g/mol. The molecule has 0 aliphatic carbocycles. The number of oxime groups is 1. The van der Waals surface area contributed by atoms with Crippen LogP contribution >= 0.6 is 0 Å². The predicted octanol–water partition coefficient (Wildman–Crippen LogP) is 2.41. The zero-order chi connectivity index (χ0) is 10.5. The maximum Gasteiger partial charge on any atom is 0.280 e. The van der Waals surface area contributed by atoms with E-state index in [-0.39, 0.29) is 12.8 Å². The van der Waals surface area contributed by atoms with Gasteiger partial charge >= 0.3 is 0 Å². The van der Waals surface area contributed by atoms with E-state index in [1.165, 1.54) is 13.8 Å². The van der Waals surface area contributed by atoms with Crippen molar-refractivity contribution in [1.29, 1.82) is 5.26 Å². The Kier molecular flexibility index (Phi) is 4.32. The van der Waals surface area contributed by atoms with Crippen LogP contribution in [0.1, 0.15) is 26.7 Å². The third kappa shape index (κ3) is 3.36. The molecule has 0 aromatic rings. The highest BCUT2D eigenvalue weighted by Crippen LogP contribution is 2.27. The fourth-order valence-corrected chi connectivity index (χ4v) is 0.971. The van der Waals surface area contributed by atoms with Crippen LogP contribution in [0.15, 0.2) is 5.16 Å². The van der Waals surface area contributed by atoms with Gasteiger partial charge in [-0.25, -0.2) is 8.78 Å². The minimum atomic E-state index is -2.78. The molecule has 0 aliphatic rings. The SMILES string of the molecule is CC(C)(CCC#N)C(=NO)C(F)F. The smallest absolute Gasteiger partial charge is 0.280 e. The van der Waals surface area contributed by atoms with Gasteiger partial charge in [0.05, 0.1) is 6.07 Å². The van der Waals surface area contributed by atoms with Crippen LogP contribution in [0.25, 0.3) is 0 Å². The lowest BCUT2D eigenvalue weighted by atomic mass is 9.83. The number of hydrogen-bond donors (Lipinski definition) is 1. The minimum absolute atomic E-state index is 0.165. The van der Waals surface area contributed by atoms with Crippen LogP contribution in [-0.2, 0) is 0 Å². The van der Waals surface area contributed by atoms with Gasteiger partial charge in [-0.1, -0.05) is 19.0 Å². The van der Waals surface area contributed by atoms with Crippen LogP contribution < -0.4 is 0 Å². The van der Waals surface area contributed by atoms with Crippen molar-refractivity contribution in [3.05, 3.63) is 0 Å². The lowest BCUT2D eigenvalue weighted by molar-refractivity contribution is 0.194. The Hall–Kier alpha value is -1.18. The van der Waals surface area contributed by atoms with Gasteiger partial charge in [0.2, 0.25) is 0 Å². The fraction of sp³-hybridized carbons (Fsp3) is 0.750. The average Bonchev–Trinajstić information content (AvgIpc) is 2.01. The van der Waals surface area contributed by atoms with Crippen molar-refractivity contribution < 1.29 is 14.0 Å². The zero-order valence-corrected chi connectivity index (χ0v) is 7.59. The van der Waals surface area contributed by atoms with Gasteiger partial charge in [0.1, 0.15) is 5.71 Å². The van der Waals surface area contributed by atoms with E-state index in [2.05, 4.69) is 5.16 Å². The van der Waals surface area contributed by atoms with Crippen molar-refractivity contribution in [2.45, 2.75) is 33.1 Å². The maximum absolute atomic E-state index is 12.2. The number of nitrogens with zero attached hydrogens (tertiary/aromatic N) is 2. The Balaban J connectivity index is 4.51. The highest BCUT2D eigenvalue weighted by atomic mass is 19.3. The van der Waals surface area contributed by atoms with Crippen LogP contribution in [0.2, 0.25) is 0 Å². The first-order valence-corrected chi connectivity index (χ1v) is 3.83. The topological polar surface area (TPSA) is 56.4 Å². The molecule has 0 bridgehead atoms. The molecule has 0 atom stereocenters. The summed E-state index contributed by atoms with van der Waals surface area (Å²) in [5.41, 5.74) is -1.50. The third-order valence-corrected chi connectivity index (χ3v) is 1.87. The molecule has 0 unspecified atom stereocenters. The highest BCUT2D eigenvalue weighted by molar-refractivity contribution is 5.91. The van der Waals surface area contributed by atoms with E-state index in [0.717, 1.165) is 0 Å². The van der Waals surface area contributed by atoms with Crippen LogP contribution in [0.5, 0.6) is 0 Å². The summed E-state index contributed by atoms with van der Waals surface area (Å²) in [5.74, 6) is 0. The molecule has 0 aromatic carbocycles. The van der Waals surface area contributed by atoms with Gasteiger partial charge in [0, 0.05) is 11.8 Å². The molecular weight excluding hydrogens is 178 g/mol. The molecule has 5 heteroatoms. The van der Waals surface area contributed by atoms with Gasteiger partial charge in [-0.3, -0.25) is 0 Å². The molecule has 0 spiro atoms. The predicted molar refractivity (Wildman–Crippen MR) is 43.9 cm³/mol. The third-order valence-electron chi connectivity index (χ3n) is 1.87. The summed E-state index contributed by atoms with van der Waals surface area (Å²) in [6.45, 7) is 3.04. The van der Waals surface area contributed by atoms with Gasteiger partial charge < -0.3 is 5.21 Å². The monoisotopic (exact) mass is 190 g/mol. The maximum atomic E-state index is 12.2. The lowest BCUT2D eigenvalue weighted by Gasteiger charge is -2.23. The van der Waals surface area contributed by atoms with Crippen molar-refractivity contribution in [1.82, 2.24) is 0 Å². The molecule has 74 valence electrons. The Morgan fingerprint density at radius 2 is 2.15 bits per heavy atom. The number of rotatable bonds is 4. The normalized spacial score (nSPS) is 13.1. The van der Waals surface area contributed by atoms with Crippen molar-refractivity contribution in [2.24, 2.45) is 10.6 Å². The molecule has 13 heavy (non-hydrogen) atoms. The number of alkyl halides is 2. The molecule has 0 aliphatic heterocycles. The second kappa shape index (κ2) is 4.75. The van der Waals surface area contributed by atoms with Gasteiger partial charge in [0.25, 0.3) is 6.43 Å². The van der Waals surface area contributed by atoms with Crippen molar-refractivity contribution in [3.8, 4) is 6.07 Å². The second-order valence-electron chi connectivity index (χ2n) is 3.33. The molecular formula is C8H12F2N2O. The lowest BCUT2D eigenvalue weighted by Crippen LogP contribution is -2.30. The largest absolute Gasteiger partial charge is 0.411 e. The van der Waals surface area contributed by atoms with Crippen molar-refractivity contribution in [2.75, 3.05) is 0 Å². The van der Waals surface area contributed by atoms with Crippen LogP contribution in [0.3, 0.4) is 0 Å². The van der Waals surface area contributed by atoms with E-state index >= 15 is 0 Å². The van der Waals surface area contributed by atoms with Crippen molar-refractivity contribution >= 4 is 5.71 Å². The summed E-state index contributed by atoms with van der Waals surface area (Å²) in [6.07, 6.45) is -2.36. The van der Waals surface area contributed by atoms with E-state index in [1.807, 2.05) is 6.07 Å². The molecule has 3 nitrogen and oxygen atoms in total. The van der Waals surface area contributed by atoms with Gasteiger partial charge in [-0.2, -0.15) is 5.26 Å². The molecule has 0 radical (unpaired) electrons. The van der Waals surface area contributed by atoms with E-state index in [1.54, 1.807) is 0 Å². The molecule has 0 saturated carbocycles. The van der Waals surface area contributed by atoms with Gasteiger partial charge in [-0.15, -0.1) is 0 Å². The summed E-state index contributed by atoms with van der Waals surface area (Å²) in [7, 11) is 0. The van der Waals surface area contributed by atoms with Gasteiger partial charge in [0.15, 0.2) is 0 Å². The minimum Gasteiger partial charge on any atom is -0.411 e. The molecule has 0 saturated heterocycles. The molecule has 0 fully saturated rings. The van der Waals surface area contributed by atoms with Crippen LogP contribution in [-0.4, -0.2) is 17.3 Å². The first-order chi connectivity index (χ1) is 5.95. The zero-order valence-electron chi connectivity index (χ0n) is 7.59. The van der Waals surface area contributed by atoms with E-state index in [4.69, 9.17) is 10.5 Å². The van der Waals surface area contributed by atoms with E-state index < -0.39 is 17.6 Å². The number of hydrogen-bond acceptors (Lipinski definition) is 3.